The van der Waals surface area contributed by atoms with Gasteiger partial charge in [-0.3, -0.25) is 0 Å². The summed E-state index contributed by atoms with van der Waals surface area (Å²) in [6.07, 6.45) is 0. The normalized spacial score (nSPS) is 12.5. The fourth-order valence-corrected chi connectivity index (χ4v) is 1.31. The average molecular weight is 209 g/mol. The highest BCUT2D eigenvalue weighted by Gasteiger charge is 2.08. The molecular formula is C12H19NO2. The van der Waals surface area contributed by atoms with Gasteiger partial charge in [0.1, 0.15) is 5.75 Å². The van der Waals surface area contributed by atoms with E-state index in [1.165, 1.54) is 0 Å². The third-order valence-corrected chi connectivity index (χ3v) is 2.32. The molecule has 15 heavy (non-hydrogen) atoms. The molecule has 0 saturated carbocycles. The van der Waals surface area contributed by atoms with Gasteiger partial charge in [0.15, 0.2) is 6.79 Å². The fourth-order valence-electron chi connectivity index (χ4n) is 1.31. The van der Waals surface area contributed by atoms with Crippen molar-refractivity contribution < 1.29 is 9.47 Å². The van der Waals surface area contributed by atoms with Crippen molar-refractivity contribution in [3.8, 4) is 5.75 Å². The zero-order valence-corrected chi connectivity index (χ0v) is 9.62. The Morgan fingerprint density at radius 1 is 1.33 bits per heavy atom. The lowest BCUT2D eigenvalue weighted by atomic mass is 10.1. The molecule has 0 aliphatic heterocycles. The summed E-state index contributed by atoms with van der Waals surface area (Å²) in [4.78, 5) is 0. The maximum Gasteiger partial charge on any atom is 0.189 e. The molecule has 0 aliphatic carbocycles. The van der Waals surface area contributed by atoms with Crippen LogP contribution in [0, 0.1) is 0 Å². The first-order valence-corrected chi connectivity index (χ1v) is 5.26. The summed E-state index contributed by atoms with van der Waals surface area (Å²) in [5, 5.41) is 3.19. The van der Waals surface area contributed by atoms with E-state index in [0.29, 0.717) is 13.4 Å². The molecule has 0 bridgehead atoms. The molecule has 3 heteroatoms. The highest BCUT2D eigenvalue weighted by Crippen LogP contribution is 2.24. The predicted molar refractivity (Wildman–Crippen MR) is 61.0 cm³/mol. The van der Waals surface area contributed by atoms with Gasteiger partial charge in [-0.25, -0.2) is 0 Å². The number of hydrogen-bond donors (Lipinski definition) is 1. The largest absolute Gasteiger partial charge is 0.467 e. The van der Waals surface area contributed by atoms with Gasteiger partial charge < -0.3 is 14.8 Å². The zero-order valence-electron chi connectivity index (χ0n) is 9.62. The first-order chi connectivity index (χ1) is 7.29. The Morgan fingerprint density at radius 3 is 2.73 bits per heavy atom. The van der Waals surface area contributed by atoms with Crippen molar-refractivity contribution in [1.29, 1.82) is 0 Å². The van der Waals surface area contributed by atoms with Gasteiger partial charge in [0.2, 0.25) is 0 Å². The maximum atomic E-state index is 5.54. The summed E-state index contributed by atoms with van der Waals surface area (Å²) in [6.45, 7) is 5.03. The topological polar surface area (TPSA) is 30.5 Å². The number of hydrogen-bond acceptors (Lipinski definition) is 3. The molecule has 1 aromatic rings. The minimum Gasteiger partial charge on any atom is -0.467 e. The summed E-state index contributed by atoms with van der Waals surface area (Å²) >= 11 is 0. The summed E-state index contributed by atoms with van der Waals surface area (Å²) in [7, 11) is 1.93. The SMILES string of the molecule is CCOCOc1ccccc1C(C)NC. The van der Waals surface area contributed by atoms with Crippen LogP contribution in [0.1, 0.15) is 25.5 Å². The minimum absolute atomic E-state index is 0.280. The van der Waals surface area contributed by atoms with Crippen LogP contribution in [-0.4, -0.2) is 20.4 Å². The lowest BCUT2D eigenvalue weighted by molar-refractivity contribution is 0.0216. The Morgan fingerprint density at radius 2 is 2.07 bits per heavy atom. The van der Waals surface area contributed by atoms with Crippen LogP contribution < -0.4 is 10.1 Å². The second-order valence-corrected chi connectivity index (χ2v) is 3.30. The first kappa shape index (κ1) is 12.0. The van der Waals surface area contributed by atoms with E-state index < -0.39 is 0 Å². The Hall–Kier alpha value is -1.06. The quantitative estimate of drug-likeness (QED) is 0.576. The summed E-state index contributed by atoms with van der Waals surface area (Å²) in [5.41, 5.74) is 1.15. The summed E-state index contributed by atoms with van der Waals surface area (Å²) < 4.78 is 10.7. The number of rotatable bonds is 6. The van der Waals surface area contributed by atoms with Crippen LogP contribution in [0.2, 0.25) is 0 Å². The standard InChI is InChI=1S/C12H19NO2/c1-4-14-9-15-12-8-6-5-7-11(12)10(2)13-3/h5-8,10,13H,4,9H2,1-3H3. The second-order valence-electron chi connectivity index (χ2n) is 3.30. The molecule has 0 fully saturated rings. The number of para-hydroxylation sites is 1. The molecule has 0 aliphatic rings. The first-order valence-electron chi connectivity index (χ1n) is 5.26. The van der Waals surface area contributed by atoms with E-state index >= 15 is 0 Å². The van der Waals surface area contributed by atoms with E-state index in [-0.39, 0.29) is 6.04 Å². The van der Waals surface area contributed by atoms with E-state index in [2.05, 4.69) is 18.3 Å². The average Bonchev–Trinajstić information content (AvgIpc) is 2.29. The van der Waals surface area contributed by atoms with Crippen molar-refractivity contribution in [2.45, 2.75) is 19.9 Å². The van der Waals surface area contributed by atoms with Gasteiger partial charge in [-0.2, -0.15) is 0 Å². The van der Waals surface area contributed by atoms with E-state index in [4.69, 9.17) is 9.47 Å². The van der Waals surface area contributed by atoms with Crippen LogP contribution in [0.25, 0.3) is 0 Å². The third-order valence-electron chi connectivity index (χ3n) is 2.32. The van der Waals surface area contributed by atoms with Crippen LogP contribution in [-0.2, 0) is 4.74 Å². The highest BCUT2D eigenvalue weighted by molar-refractivity contribution is 5.35. The van der Waals surface area contributed by atoms with Gasteiger partial charge in [0.05, 0.1) is 0 Å². The fraction of sp³-hybridized carbons (Fsp3) is 0.500. The molecule has 0 spiro atoms. The van der Waals surface area contributed by atoms with Crippen molar-refractivity contribution in [2.75, 3.05) is 20.4 Å². The monoisotopic (exact) mass is 209 g/mol. The molecule has 0 heterocycles. The van der Waals surface area contributed by atoms with Gasteiger partial charge in [-0.05, 0) is 27.0 Å². The predicted octanol–water partition coefficient (Wildman–Crippen LogP) is 2.34. The van der Waals surface area contributed by atoms with Crippen molar-refractivity contribution in [2.24, 2.45) is 0 Å². The summed E-state index contributed by atoms with van der Waals surface area (Å²) in [6, 6.07) is 8.27. The molecule has 0 saturated heterocycles. The lowest BCUT2D eigenvalue weighted by Gasteiger charge is -2.16. The molecule has 3 nitrogen and oxygen atoms in total. The maximum absolute atomic E-state index is 5.54. The Kier molecular flexibility index (Phi) is 5.15. The van der Waals surface area contributed by atoms with Crippen LogP contribution in [0.3, 0.4) is 0 Å². The molecule has 84 valence electrons. The molecule has 1 unspecified atom stereocenters. The van der Waals surface area contributed by atoms with Gasteiger partial charge in [0.25, 0.3) is 0 Å². The number of benzene rings is 1. The molecule has 1 aromatic carbocycles. The van der Waals surface area contributed by atoms with E-state index in [1.54, 1.807) is 0 Å². The summed E-state index contributed by atoms with van der Waals surface area (Å²) in [5.74, 6) is 0.882. The molecular weight excluding hydrogens is 190 g/mol. The number of ether oxygens (including phenoxy) is 2. The molecule has 0 radical (unpaired) electrons. The van der Waals surface area contributed by atoms with Crippen molar-refractivity contribution >= 4 is 0 Å². The third kappa shape index (κ3) is 3.53. The molecule has 0 amide bonds. The van der Waals surface area contributed by atoms with Gasteiger partial charge in [-0.15, -0.1) is 0 Å². The Labute approximate surface area is 91.4 Å². The van der Waals surface area contributed by atoms with Crippen molar-refractivity contribution in [1.82, 2.24) is 5.32 Å². The number of nitrogens with one attached hydrogen (secondary N) is 1. The minimum atomic E-state index is 0.280. The van der Waals surface area contributed by atoms with E-state index in [9.17, 15) is 0 Å². The van der Waals surface area contributed by atoms with Crippen LogP contribution in [0.5, 0.6) is 5.75 Å². The smallest absolute Gasteiger partial charge is 0.189 e. The van der Waals surface area contributed by atoms with Crippen LogP contribution in [0.4, 0.5) is 0 Å². The van der Waals surface area contributed by atoms with Crippen molar-refractivity contribution in [3.63, 3.8) is 0 Å². The molecule has 1 rings (SSSR count). The lowest BCUT2D eigenvalue weighted by Crippen LogP contribution is -2.14. The Balaban J connectivity index is 2.68. The molecule has 0 aromatic heterocycles. The van der Waals surface area contributed by atoms with Crippen molar-refractivity contribution in [3.05, 3.63) is 29.8 Å². The van der Waals surface area contributed by atoms with Gasteiger partial charge in [-0.1, -0.05) is 18.2 Å². The van der Waals surface area contributed by atoms with E-state index in [0.717, 1.165) is 11.3 Å². The zero-order chi connectivity index (χ0) is 11.1. The van der Waals surface area contributed by atoms with E-state index in [1.807, 2.05) is 32.2 Å². The van der Waals surface area contributed by atoms with Gasteiger partial charge in [0, 0.05) is 18.2 Å². The molecule has 1 N–H and O–H groups in total. The Bertz CT molecular complexity index is 289. The van der Waals surface area contributed by atoms with Crippen LogP contribution in [0.15, 0.2) is 24.3 Å². The highest BCUT2D eigenvalue weighted by atomic mass is 16.7. The van der Waals surface area contributed by atoms with Crippen LogP contribution >= 0.6 is 0 Å². The molecule has 1 atom stereocenters. The van der Waals surface area contributed by atoms with Gasteiger partial charge >= 0.3 is 0 Å². The second kappa shape index (κ2) is 6.43.